The lowest BCUT2D eigenvalue weighted by Crippen LogP contribution is -2.17. The zero-order chi connectivity index (χ0) is 22.5. The lowest BCUT2D eigenvalue weighted by Gasteiger charge is -2.11. The van der Waals surface area contributed by atoms with Crippen LogP contribution in [0.25, 0.3) is 11.3 Å². The van der Waals surface area contributed by atoms with Gasteiger partial charge in [-0.05, 0) is 48.9 Å². The number of sulfonamides is 1. The minimum absolute atomic E-state index is 0.218. The minimum Gasteiger partial charge on any atom is -0.477 e. The van der Waals surface area contributed by atoms with Gasteiger partial charge in [0, 0.05) is 17.3 Å². The first-order valence-corrected chi connectivity index (χ1v) is 10.6. The second-order valence-electron chi connectivity index (χ2n) is 6.31. The second kappa shape index (κ2) is 9.21. The van der Waals surface area contributed by atoms with Crippen molar-refractivity contribution >= 4 is 15.7 Å². The largest absolute Gasteiger partial charge is 0.573 e. The van der Waals surface area contributed by atoms with E-state index in [4.69, 9.17) is 4.74 Å². The molecule has 0 unspecified atom stereocenters. The molecule has 0 radical (unpaired) electrons. The zero-order valence-corrected chi connectivity index (χ0v) is 17.1. The summed E-state index contributed by atoms with van der Waals surface area (Å²) in [6, 6.07) is 13.7. The molecule has 11 heteroatoms. The average Bonchev–Trinajstić information content (AvgIpc) is 2.72. The standard InChI is InChI=1S/C20H18F3N3O4S/c1-2-12-29-19-11-10-18(24-25-19)14-4-3-5-15(13-14)26-31(27,28)17-8-6-16(7-9-17)30-20(21,22)23/h3-11,13,26H,2,12H2,1H3. The van der Waals surface area contributed by atoms with Gasteiger partial charge in [-0.1, -0.05) is 19.1 Å². The van der Waals surface area contributed by atoms with Gasteiger partial charge in [-0.25, -0.2) is 8.42 Å². The van der Waals surface area contributed by atoms with E-state index in [9.17, 15) is 21.6 Å². The number of halogens is 3. The number of benzene rings is 2. The van der Waals surface area contributed by atoms with Crippen molar-refractivity contribution < 1.29 is 31.1 Å². The van der Waals surface area contributed by atoms with E-state index in [0.717, 1.165) is 30.7 Å². The molecule has 1 N–H and O–H groups in total. The second-order valence-corrected chi connectivity index (χ2v) is 7.99. The van der Waals surface area contributed by atoms with Gasteiger partial charge in [-0.3, -0.25) is 4.72 Å². The fraction of sp³-hybridized carbons (Fsp3) is 0.200. The monoisotopic (exact) mass is 453 g/mol. The molecule has 0 saturated heterocycles. The third-order valence-corrected chi connectivity index (χ3v) is 5.27. The maximum absolute atomic E-state index is 12.6. The number of hydrogen-bond acceptors (Lipinski definition) is 6. The summed E-state index contributed by atoms with van der Waals surface area (Å²) in [6.07, 6.45) is -4.02. The van der Waals surface area contributed by atoms with E-state index < -0.39 is 22.1 Å². The van der Waals surface area contributed by atoms with Gasteiger partial charge < -0.3 is 9.47 Å². The molecule has 1 aromatic heterocycles. The molecule has 3 rings (SSSR count). The molecule has 164 valence electrons. The first-order valence-electron chi connectivity index (χ1n) is 9.12. The van der Waals surface area contributed by atoms with E-state index in [-0.39, 0.29) is 10.6 Å². The van der Waals surface area contributed by atoms with Gasteiger partial charge in [0.25, 0.3) is 10.0 Å². The molecular formula is C20H18F3N3O4S. The van der Waals surface area contributed by atoms with Crippen LogP contribution in [-0.4, -0.2) is 31.6 Å². The van der Waals surface area contributed by atoms with Crippen molar-refractivity contribution in [2.24, 2.45) is 0 Å². The molecule has 31 heavy (non-hydrogen) atoms. The van der Waals surface area contributed by atoms with Gasteiger partial charge in [0.15, 0.2) is 0 Å². The molecule has 0 aliphatic carbocycles. The van der Waals surface area contributed by atoms with Crippen LogP contribution in [0.5, 0.6) is 11.6 Å². The molecule has 0 aliphatic rings. The summed E-state index contributed by atoms with van der Waals surface area (Å²) in [4.78, 5) is -0.218. The Balaban J connectivity index is 1.75. The highest BCUT2D eigenvalue weighted by Crippen LogP contribution is 2.26. The molecule has 1 heterocycles. The third-order valence-electron chi connectivity index (χ3n) is 3.87. The number of alkyl halides is 3. The fourth-order valence-corrected chi connectivity index (χ4v) is 3.58. The Hall–Kier alpha value is -3.34. The van der Waals surface area contributed by atoms with Gasteiger partial charge >= 0.3 is 6.36 Å². The molecule has 0 amide bonds. The lowest BCUT2D eigenvalue weighted by molar-refractivity contribution is -0.274. The van der Waals surface area contributed by atoms with Crippen molar-refractivity contribution in [3.05, 3.63) is 60.7 Å². The molecule has 7 nitrogen and oxygen atoms in total. The van der Waals surface area contributed by atoms with Crippen molar-refractivity contribution in [1.82, 2.24) is 10.2 Å². The normalized spacial score (nSPS) is 11.7. The maximum atomic E-state index is 12.6. The van der Waals surface area contributed by atoms with E-state index in [0.29, 0.717) is 23.7 Å². The minimum atomic E-state index is -4.86. The van der Waals surface area contributed by atoms with Crippen molar-refractivity contribution in [1.29, 1.82) is 0 Å². The highest BCUT2D eigenvalue weighted by molar-refractivity contribution is 7.92. The number of nitrogens with one attached hydrogen (secondary N) is 1. The Bertz CT molecular complexity index is 1120. The Kier molecular flexibility index (Phi) is 6.64. The lowest BCUT2D eigenvalue weighted by atomic mass is 10.1. The Morgan fingerprint density at radius 1 is 1.00 bits per heavy atom. The van der Waals surface area contributed by atoms with Gasteiger partial charge in [0.2, 0.25) is 5.88 Å². The van der Waals surface area contributed by atoms with Crippen LogP contribution in [0, 0.1) is 0 Å². The SMILES string of the molecule is CCCOc1ccc(-c2cccc(NS(=O)(=O)c3ccc(OC(F)(F)F)cc3)c2)nn1. The molecule has 2 aromatic carbocycles. The number of aromatic nitrogens is 2. The number of nitrogens with zero attached hydrogens (tertiary/aromatic N) is 2. The van der Waals surface area contributed by atoms with E-state index in [1.54, 1.807) is 30.3 Å². The number of rotatable bonds is 8. The predicted molar refractivity (Wildman–Crippen MR) is 107 cm³/mol. The van der Waals surface area contributed by atoms with Crippen molar-refractivity contribution in [3.63, 3.8) is 0 Å². The van der Waals surface area contributed by atoms with Gasteiger partial charge in [0.05, 0.1) is 17.2 Å². The summed E-state index contributed by atoms with van der Waals surface area (Å²) < 4.78 is 73.4. The first-order chi connectivity index (χ1) is 14.7. The summed E-state index contributed by atoms with van der Waals surface area (Å²) in [7, 11) is -4.03. The molecule has 0 saturated carbocycles. The van der Waals surface area contributed by atoms with Crippen LogP contribution in [0.3, 0.4) is 0 Å². The summed E-state index contributed by atoms with van der Waals surface area (Å²) in [5, 5.41) is 8.05. The van der Waals surface area contributed by atoms with E-state index in [1.165, 1.54) is 6.07 Å². The molecule has 3 aromatic rings. The summed E-state index contributed by atoms with van der Waals surface area (Å²) in [6.45, 7) is 2.49. The highest BCUT2D eigenvalue weighted by Gasteiger charge is 2.31. The van der Waals surface area contributed by atoms with Gasteiger partial charge in [-0.15, -0.1) is 23.4 Å². The third kappa shape index (κ3) is 6.32. The van der Waals surface area contributed by atoms with E-state index in [2.05, 4.69) is 19.7 Å². The molecule has 0 bridgehead atoms. The number of hydrogen-bond donors (Lipinski definition) is 1. The number of anilines is 1. The van der Waals surface area contributed by atoms with Crippen LogP contribution >= 0.6 is 0 Å². The van der Waals surface area contributed by atoms with Crippen LogP contribution in [0.1, 0.15) is 13.3 Å². The van der Waals surface area contributed by atoms with E-state index >= 15 is 0 Å². The zero-order valence-electron chi connectivity index (χ0n) is 16.3. The molecule has 0 aliphatic heterocycles. The topological polar surface area (TPSA) is 90.4 Å². The molecule has 0 atom stereocenters. The van der Waals surface area contributed by atoms with Crippen molar-refractivity contribution in [2.45, 2.75) is 24.6 Å². The first kappa shape index (κ1) is 22.3. The number of ether oxygens (including phenoxy) is 2. The Morgan fingerprint density at radius 2 is 1.74 bits per heavy atom. The summed E-state index contributed by atoms with van der Waals surface area (Å²) in [5.41, 5.74) is 1.38. The highest BCUT2D eigenvalue weighted by atomic mass is 32.2. The predicted octanol–water partition coefficient (Wildman–Crippen LogP) is 4.63. The van der Waals surface area contributed by atoms with Crippen molar-refractivity contribution in [3.8, 4) is 22.9 Å². The molecule has 0 fully saturated rings. The Labute approximate surface area is 176 Å². The fourth-order valence-electron chi connectivity index (χ4n) is 2.53. The smallest absolute Gasteiger partial charge is 0.477 e. The quantitative estimate of drug-likeness (QED) is 0.535. The molecular weight excluding hydrogens is 435 g/mol. The van der Waals surface area contributed by atoms with E-state index in [1.807, 2.05) is 6.92 Å². The van der Waals surface area contributed by atoms with Crippen LogP contribution in [-0.2, 0) is 10.0 Å². The molecule has 0 spiro atoms. The van der Waals surface area contributed by atoms with Crippen LogP contribution in [0.15, 0.2) is 65.6 Å². The Morgan fingerprint density at radius 3 is 2.35 bits per heavy atom. The average molecular weight is 453 g/mol. The summed E-state index contributed by atoms with van der Waals surface area (Å²) in [5.74, 6) is -0.126. The van der Waals surface area contributed by atoms with Crippen LogP contribution in [0.2, 0.25) is 0 Å². The maximum Gasteiger partial charge on any atom is 0.573 e. The van der Waals surface area contributed by atoms with Crippen LogP contribution < -0.4 is 14.2 Å². The van der Waals surface area contributed by atoms with Crippen molar-refractivity contribution in [2.75, 3.05) is 11.3 Å². The van der Waals surface area contributed by atoms with Gasteiger partial charge in [0.1, 0.15) is 5.75 Å². The van der Waals surface area contributed by atoms with Crippen LogP contribution in [0.4, 0.5) is 18.9 Å². The summed E-state index contributed by atoms with van der Waals surface area (Å²) >= 11 is 0. The van der Waals surface area contributed by atoms with Gasteiger partial charge in [-0.2, -0.15) is 0 Å².